The summed E-state index contributed by atoms with van der Waals surface area (Å²) in [4.78, 5) is 17.6. The minimum Gasteiger partial charge on any atom is -0.355 e. The van der Waals surface area contributed by atoms with E-state index < -0.39 is 0 Å². The van der Waals surface area contributed by atoms with Gasteiger partial charge in [-0.05, 0) is 0 Å². The molecule has 0 unspecified atom stereocenters. The first-order chi connectivity index (χ1) is 5.83. The van der Waals surface area contributed by atoms with Crippen LogP contribution in [0.15, 0.2) is 12.4 Å². The molecule has 0 atom stereocenters. The Bertz CT molecular complexity index is 232. The lowest BCUT2D eigenvalue weighted by molar-refractivity contribution is -0.119. The average Bonchev–Trinajstić information content (AvgIpc) is 2.57. The fourth-order valence-electron chi connectivity index (χ4n) is 0.827. The maximum atomic E-state index is 10.7. The molecule has 0 fully saturated rings. The SMILES string of the molecule is NCC(=O)NCCc1ncc[nH]1. The van der Waals surface area contributed by atoms with Gasteiger partial charge in [0, 0.05) is 25.4 Å². The zero-order chi connectivity index (χ0) is 8.81. The van der Waals surface area contributed by atoms with Crippen LogP contribution in [0, 0.1) is 0 Å². The van der Waals surface area contributed by atoms with E-state index in [4.69, 9.17) is 5.73 Å². The zero-order valence-electron chi connectivity index (χ0n) is 6.71. The third-order valence-corrected chi connectivity index (χ3v) is 1.42. The highest BCUT2D eigenvalue weighted by Crippen LogP contribution is 1.87. The van der Waals surface area contributed by atoms with Crippen LogP contribution in [0.2, 0.25) is 0 Å². The van der Waals surface area contributed by atoms with E-state index in [-0.39, 0.29) is 12.5 Å². The van der Waals surface area contributed by atoms with Crippen LogP contribution in [0.1, 0.15) is 5.82 Å². The van der Waals surface area contributed by atoms with Crippen molar-refractivity contribution in [2.24, 2.45) is 5.73 Å². The van der Waals surface area contributed by atoms with Gasteiger partial charge in [-0.15, -0.1) is 0 Å². The van der Waals surface area contributed by atoms with Crippen LogP contribution in [0.3, 0.4) is 0 Å². The van der Waals surface area contributed by atoms with E-state index in [1.807, 2.05) is 0 Å². The first-order valence-electron chi connectivity index (χ1n) is 3.78. The van der Waals surface area contributed by atoms with E-state index in [1.54, 1.807) is 12.4 Å². The smallest absolute Gasteiger partial charge is 0.233 e. The molecule has 5 heteroatoms. The van der Waals surface area contributed by atoms with Gasteiger partial charge in [0.15, 0.2) is 0 Å². The van der Waals surface area contributed by atoms with Gasteiger partial charge in [0.25, 0.3) is 0 Å². The van der Waals surface area contributed by atoms with Crippen LogP contribution in [0.5, 0.6) is 0 Å². The average molecular weight is 168 g/mol. The number of aromatic nitrogens is 2. The van der Waals surface area contributed by atoms with Crippen molar-refractivity contribution in [2.75, 3.05) is 13.1 Å². The van der Waals surface area contributed by atoms with Gasteiger partial charge in [-0.3, -0.25) is 4.79 Å². The summed E-state index contributed by atoms with van der Waals surface area (Å²) in [5.74, 6) is 0.730. The molecule has 4 N–H and O–H groups in total. The van der Waals surface area contributed by atoms with Crippen molar-refractivity contribution in [3.63, 3.8) is 0 Å². The Morgan fingerprint density at radius 2 is 2.58 bits per heavy atom. The summed E-state index contributed by atoms with van der Waals surface area (Å²) in [5, 5.41) is 2.65. The lowest BCUT2D eigenvalue weighted by Crippen LogP contribution is -2.31. The molecular weight excluding hydrogens is 156 g/mol. The fraction of sp³-hybridized carbons (Fsp3) is 0.429. The largest absolute Gasteiger partial charge is 0.355 e. The molecule has 0 saturated heterocycles. The van der Waals surface area contributed by atoms with Gasteiger partial charge in [-0.25, -0.2) is 4.98 Å². The highest BCUT2D eigenvalue weighted by molar-refractivity contribution is 5.77. The van der Waals surface area contributed by atoms with Crippen LogP contribution >= 0.6 is 0 Å². The van der Waals surface area contributed by atoms with Gasteiger partial charge in [0.1, 0.15) is 5.82 Å². The van der Waals surface area contributed by atoms with Crippen LogP contribution < -0.4 is 11.1 Å². The van der Waals surface area contributed by atoms with Crippen molar-refractivity contribution in [1.82, 2.24) is 15.3 Å². The molecule has 1 aromatic heterocycles. The zero-order valence-corrected chi connectivity index (χ0v) is 6.71. The summed E-state index contributed by atoms with van der Waals surface area (Å²) in [7, 11) is 0. The molecule has 0 aliphatic rings. The van der Waals surface area contributed by atoms with E-state index in [0.29, 0.717) is 13.0 Å². The number of hydrogen-bond acceptors (Lipinski definition) is 3. The molecule has 0 aromatic carbocycles. The number of imidazole rings is 1. The number of nitrogens with zero attached hydrogens (tertiary/aromatic N) is 1. The Morgan fingerprint density at radius 1 is 1.75 bits per heavy atom. The number of nitrogens with one attached hydrogen (secondary N) is 2. The van der Waals surface area contributed by atoms with Gasteiger partial charge in [-0.1, -0.05) is 0 Å². The summed E-state index contributed by atoms with van der Waals surface area (Å²) < 4.78 is 0. The standard InChI is InChI=1S/C7H12N4O/c8-5-7(12)11-2-1-6-9-3-4-10-6/h3-4H,1-2,5,8H2,(H,9,10)(H,11,12). The molecular formula is C7H12N4O. The monoisotopic (exact) mass is 168 g/mol. The van der Waals surface area contributed by atoms with Crippen LogP contribution in [-0.2, 0) is 11.2 Å². The Hall–Kier alpha value is -1.36. The maximum absolute atomic E-state index is 10.7. The second-order valence-corrected chi connectivity index (χ2v) is 2.34. The first-order valence-corrected chi connectivity index (χ1v) is 3.78. The molecule has 0 spiro atoms. The highest BCUT2D eigenvalue weighted by Gasteiger charge is 1.97. The molecule has 0 saturated carbocycles. The molecule has 1 amide bonds. The predicted molar refractivity (Wildman–Crippen MR) is 44.4 cm³/mol. The highest BCUT2D eigenvalue weighted by atomic mass is 16.1. The van der Waals surface area contributed by atoms with Crippen molar-refractivity contribution in [2.45, 2.75) is 6.42 Å². The summed E-state index contributed by atoms with van der Waals surface area (Å²) in [5.41, 5.74) is 5.10. The molecule has 1 aromatic rings. The number of aromatic amines is 1. The molecule has 12 heavy (non-hydrogen) atoms. The van der Waals surface area contributed by atoms with Crippen molar-refractivity contribution in [1.29, 1.82) is 0 Å². The van der Waals surface area contributed by atoms with Gasteiger partial charge < -0.3 is 16.0 Å². The minimum absolute atomic E-state index is 0.0398. The third-order valence-electron chi connectivity index (χ3n) is 1.42. The second kappa shape index (κ2) is 4.50. The number of hydrogen-bond donors (Lipinski definition) is 3. The van der Waals surface area contributed by atoms with Crippen LogP contribution in [0.4, 0.5) is 0 Å². The quantitative estimate of drug-likeness (QED) is 0.540. The fourth-order valence-corrected chi connectivity index (χ4v) is 0.827. The molecule has 0 bridgehead atoms. The molecule has 66 valence electrons. The number of H-pyrrole nitrogens is 1. The molecule has 1 heterocycles. The van der Waals surface area contributed by atoms with Crippen molar-refractivity contribution in [3.05, 3.63) is 18.2 Å². The van der Waals surface area contributed by atoms with Crippen molar-refractivity contribution >= 4 is 5.91 Å². The molecule has 0 radical (unpaired) electrons. The van der Waals surface area contributed by atoms with E-state index in [1.165, 1.54) is 0 Å². The van der Waals surface area contributed by atoms with Gasteiger partial charge in [-0.2, -0.15) is 0 Å². The lowest BCUT2D eigenvalue weighted by atomic mass is 10.4. The predicted octanol–water partition coefficient (Wildman–Crippen LogP) is -0.973. The Morgan fingerprint density at radius 3 is 3.17 bits per heavy atom. The Balaban J connectivity index is 2.15. The van der Waals surface area contributed by atoms with Crippen LogP contribution in [-0.4, -0.2) is 29.0 Å². The minimum atomic E-state index is -0.137. The summed E-state index contributed by atoms with van der Waals surface area (Å²) in [6.07, 6.45) is 4.14. The van der Waals surface area contributed by atoms with Gasteiger partial charge >= 0.3 is 0 Å². The summed E-state index contributed by atoms with van der Waals surface area (Å²) in [6.45, 7) is 0.613. The number of amides is 1. The molecule has 1 rings (SSSR count). The first kappa shape index (κ1) is 8.73. The normalized spacial score (nSPS) is 9.75. The van der Waals surface area contributed by atoms with E-state index >= 15 is 0 Å². The number of rotatable bonds is 4. The van der Waals surface area contributed by atoms with Crippen LogP contribution in [0.25, 0.3) is 0 Å². The number of carbonyl (C=O) groups is 1. The van der Waals surface area contributed by atoms with Gasteiger partial charge in [0.2, 0.25) is 5.91 Å². The maximum Gasteiger partial charge on any atom is 0.233 e. The summed E-state index contributed by atoms with van der Waals surface area (Å²) >= 11 is 0. The lowest BCUT2D eigenvalue weighted by Gasteiger charge is -2.00. The van der Waals surface area contributed by atoms with Crippen molar-refractivity contribution < 1.29 is 4.79 Å². The van der Waals surface area contributed by atoms with E-state index in [2.05, 4.69) is 15.3 Å². The second-order valence-electron chi connectivity index (χ2n) is 2.34. The molecule has 0 aliphatic carbocycles. The van der Waals surface area contributed by atoms with E-state index in [9.17, 15) is 4.79 Å². The topological polar surface area (TPSA) is 83.8 Å². The third kappa shape index (κ3) is 2.71. The summed E-state index contributed by atoms with van der Waals surface area (Å²) in [6, 6.07) is 0. The van der Waals surface area contributed by atoms with Gasteiger partial charge in [0.05, 0.1) is 6.54 Å². The van der Waals surface area contributed by atoms with E-state index in [0.717, 1.165) is 5.82 Å². The van der Waals surface area contributed by atoms with Crippen molar-refractivity contribution in [3.8, 4) is 0 Å². The Kier molecular flexibility index (Phi) is 3.28. The molecule has 5 nitrogen and oxygen atoms in total. The molecule has 0 aliphatic heterocycles. The number of carbonyl (C=O) groups excluding carboxylic acids is 1. The Labute approximate surface area is 70.4 Å². The number of nitrogens with two attached hydrogens (primary N) is 1.